The maximum atomic E-state index is 11.9. The Morgan fingerprint density at radius 1 is 0.500 bits per heavy atom. The molecule has 0 unspecified atom stereocenters. The van der Waals surface area contributed by atoms with E-state index < -0.39 is 0 Å². The predicted octanol–water partition coefficient (Wildman–Crippen LogP) is 11.7. The summed E-state index contributed by atoms with van der Waals surface area (Å²) in [6, 6.07) is 0. The van der Waals surface area contributed by atoms with E-state index in [9.17, 15) is 4.79 Å². The molecule has 0 aromatic heterocycles. The van der Waals surface area contributed by atoms with Crippen LogP contribution >= 0.6 is 0 Å². The molecule has 40 heavy (non-hydrogen) atoms. The Morgan fingerprint density at radius 2 is 0.900 bits per heavy atom. The summed E-state index contributed by atoms with van der Waals surface area (Å²) in [5.74, 6) is -0.000721. The molecule has 0 saturated carbocycles. The molecule has 0 radical (unpaired) electrons. The van der Waals surface area contributed by atoms with Crippen LogP contribution in [0.25, 0.3) is 0 Å². The molecule has 0 aromatic carbocycles. The molecule has 0 bridgehead atoms. The van der Waals surface area contributed by atoms with E-state index in [0.717, 1.165) is 44.9 Å². The van der Waals surface area contributed by atoms with Crippen molar-refractivity contribution in [3.8, 4) is 0 Å². The van der Waals surface area contributed by atoms with Crippen LogP contribution in [0.2, 0.25) is 0 Å². The molecule has 0 rings (SSSR count). The van der Waals surface area contributed by atoms with Gasteiger partial charge in [-0.05, 0) is 51.4 Å². The van der Waals surface area contributed by atoms with E-state index in [1.54, 1.807) is 0 Å². The van der Waals surface area contributed by atoms with Crippen molar-refractivity contribution in [2.45, 2.75) is 180 Å². The van der Waals surface area contributed by atoms with Crippen LogP contribution in [-0.4, -0.2) is 24.3 Å². The van der Waals surface area contributed by atoms with Gasteiger partial charge >= 0.3 is 5.97 Å². The van der Waals surface area contributed by atoms with Gasteiger partial charge in [0.1, 0.15) is 0 Å². The van der Waals surface area contributed by atoms with Crippen molar-refractivity contribution in [2.24, 2.45) is 0 Å². The summed E-state index contributed by atoms with van der Waals surface area (Å²) in [6.45, 7) is 3.13. The van der Waals surface area contributed by atoms with E-state index in [0.29, 0.717) is 19.6 Å². The minimum absolute atomic E-state index is 0.000721. The van der Waals surface area contributed by atoms with Gasteiger partial charge in [0.15, 0.2) is 0 Å². The number of hydrogen-bond acceptors (Lipinski definition) is 3. The van der Waals surface area contributed by atoms with Crippen LogP contribution in [0, 0.1) is 0 Å². The van der Waals surface area contributed by atoms with Crippen molar-refractivity contribution >= 4 is 5.97 Å². The van der Waals surface area contributed by atoms with E-state index in [-0.39, 0.29) is 5.97 Å². The highest BCUT2D eigenvalue weighted by Gasteiger charge is 2.02. The highest BCUT2D eigenvalue weighted by atomic mass is 16.5. The van der Waals surface area contributed by atoms with Gasteiger partial charge in [-0.15, -0.1) is 0 Å². The molecule has 0 amide bonds. The zero-order valence-electron chi connectivity index (χ0n) is 26.7. The number of aliphatic hydroxyl groups is 1. The molecule has 0 aromatic rings. The second-order valence-corrected chi connectivity index (χ2v) is 11.6. The predicted molar refractivity (Wildman–Crippen MR) is 176 cm³/mol. The van der Waals surface area contributed by atoms with Gasteiger partial charge in [-0.1, -0.05) is 159 Å². The summed E-state index contributed by atoms with van der Waals surface area (Å²) in [4.78, 5) is 11.9. The summed E-state index contributed by atoms with van der Waals surface area (Å²) in [5, 5.41) is 8.78. The first-order valence-corrected chi connectivity index (χ1v) is 17.5. The maximum Gasteiger partial charge on any atom is 0.305 e. The second-order valence-electron chi connectivity index (χ2n) is 11.6. The fourth-order valence-corrected chi connectivity index (χ4v) is 5.01. The van der Waals surface area contributed by atoms with Gasteiger partial charge in [-0.25, -0.2) is 0 Å². The largest absolute Gasteiger partial charge is 0.466 e. The normalized spacial score (nSPS) is 11.9. The number of unbranched alkanes of at least 4 members (excludes halogenated alkanes) is 21. The van der Waals surface area contributed by atoms with Crippen molar-refractivity contribution in [3.63, 3.8) is 0 Å². The Kier molecular flexibility index (Phi) is 34.5. The van der Waals surface area contributed by atoms with Crippen molar-refractivity contribution < 1.29 is 14.6 Å². The molecule has 0 aliphatic rings. The molecule has 0 atom stereocenters. The summed E-state index contributed by atoms with van der Waals surface area (Å²) >= 11 is 0. The monoisotopic (exact) mass is 561 g/mol. The maximum absolute atomic E-state index is 11.9. The van der Waals surface area contributed by atoms with E-state index in [2.05, 4.69) is 43.4 Å². The molecule has 234 valence electrons. The average Bonchev–Trinajstić information content (AvgIpc) is 2.96. The first-order valence-electron chi connectivity index (χ1n) is 17.5. The Bertz CT molecular complexity index is 578. The number of rotatable bonds is 32. The number of carbonyl (C=O) groups excluding carboxylic acids is 1. The third-order valence-corrected chi connectivity index (χ3v) is 7.60. The Morgan fingerprint density at radius 3 is 1.40 bits per heavy atom. The lowest BCUT2D eigenvalue weighted by Crippen LogP contribution is -2.05. The van der Waals surface area contributed by atoms with Gasteiger partial charge < -0.3 is 9.84 Å². The van der Waals surface area contributed by atoms with Gasteiger partial charge in [-0.3, -0.25) is 4.79 Å². The summed E-state index contributed by atoms with van der Waals surface area (Å²) < 4.78 is 5.42. The fourth-order valence-electron chi connectivity index (χ4n) is 5.01. The Hall–Kier alpha value is -1.35. The Balaban J connectivity index is 3.22. The molecule has 3 nitrogen and oxygen atoms in total. The second kappa shape index (κ2) is 35.7. The number of esters is 1. The van der Waals surface area contributed by atoms with Crippen molar-refractivity contribution in [1.82, 2.24) is 0 Å². The number of aliphatic hydroxyl groups excluding tert-OH is 1. The van der Waals surface area contributed by atoms with E-state index in [1.807, 2.05) is 0 Å². The SMILES string of the molecule is CC/C=C\C/C=C\C/C=C\CCCCCCCC(=O)OCCCCCCCCCCCCCCCCCCCO. The standard InChI is InChI=1S/C37H68O3/c1-2-3-4-5-6-7-8-9-13-16-19-22-25-28-31-34-37(39)40-36-33-30-27-24-21-18-15-12-10-11-14-17-20-23-26-29-32-35-38/h3-4,6-7,9,13,38H,2,5,8,10-12,14-36H2,1H3/b4-3-,7-6-,13-9-. The molecule has 0 aliphatic carbocycles. The molecule has 0 aliphatic heterocycles. The highest BCUT2D eigenvalue weighted by molar-refractivity contribution is 5.69. The molecule has 0 saturated heterocycles. The minimum atomic E-state index is -0.000721. The molecule has 0 fully saturated rings. The summed E-state index contributed by atoms with van der Waals surface area (Å²) in [6.07, 6.45) is 46.4. The van der Waals surface area contributed by atoms with Gasteiger partial charge in [-0.2, -0.15) is 0 Å². The molecule has 1 N–H and O–H groups in total. The lowest BCUT2D eigenvalue weighted by molar-refractivity contribution is -0.143. The quantitative estimate of drug-likeness (QED) is 0.0505. The topological polar surface area (TPSA) is 46.5 Å². The van der Waals surface area contributed by atoms with Crippen molar-refractivity contribution in [1.29, 1.82) is 0 Å². The smallest absolute Gasteiger partial charge is 0.305 e. The lowest BCUT2D eigenvalue weighted by atomic mass is 10.0. The van der Waals surface area contributed by atoms with Crippen molar-refractivity contribution in [2.75, 3.05) is 13.2 Å². The molecular formula is C37H68O3. The van der Waals surface area contributed by atoms with Crippen LogP contribution in [0.4, 0.5) is 0 Å². The molecule has 0 spiro atoms. The van der Waals surface area contributed by atoms with E-state index >= 15 is 0 Å². The van der Waals surface area contributed by atoms with Gasteiger partial charge in [0.05, 0.1) is 6.61 Å². The highest BCUT2D eigenvalue weighted by Crippen LogP contribution is 2.14. The van der Waals surface area contributed by atoms with Gasteiger partial charge in [0.25, 0.3) is 0 Å². The van der Waals surface area contributed by atoms with Crippen LogP contribution in [0.5, 0.6) is 0 Å². The molecule has 3 heteroatoms. The number of hydrogen-bond donors (Lipinski definition) is 1. The third kappa shape index (κ3) is 34.7. The van der Waals surface area contributed by atoms with Crippen LogP contribution < -0.4 is 0 Å². The van der Waals surface area contributed by atoms with Crippen LogP contribution in [0.3, 0.4) is 0 Å². The van der Waals surface area contributed by atoms with Crippen molar-refractivity contribution in [3.05, 3.63) is 36.5 Å². The number of carbonyl (C=O) groups is 1. The van der Waals surface area contributed by atoms with Gasteiger partial charge in [0, 0.05) is 13.0 Å². The molecular weight excluding hydrogens is 492 g/mol. The average molecular weight is 561 g/mol. The minimum Gasteiger partial charge on any atom is -0.466 e. The number of allylic oxidation sites excluding steroid dienone is 6. The first kappa shape index (κ1) is 38.6. The van der Waals surface area contributed by atoms with Crippen LogP contribution in [0.15, 0.2) is 36.5 Å². The fraction of sp³-hybridized carbons (Fsp3) is 0.811. The summed E-state index contributed by atoms with van der Waals surface area (Å²) in [7, 11) is 0. The third-order valence-electron chi connectivity index (χ3n) is 7.60. The van der Waals surface area contributed by atoms with Crippen LogP contribution in [0.1, 0.15) is 180 Å². The Labute approximate surface area is 250 Å². The zero-order valence-corrected chi connectivity index (χ0v) is 26.7. The van der Waals surface area contributed by atoms with Gasteiger partial charge in [0.2, 0.25) is 0 Å². The van der Waals surface area contributed by atoms with E-state index in [4.69, 9.17) is 9.84 Å². The summed E-state index contributed by atoms with van der Waals surface area (Å²) in [5.41, 5.74) is 0. The zero-order chi connectivity index (χ0) is 29.0. The molecule has 0 heterocycles. The van der Waals surface area contributed by atoms with E-state index in [1.165, 1.54) is 122 Å². The first-order chi connectivity index (χ1) is 19.8. The number of ether oxygens (including phenoxy) is 1. The lowest BCUT2D eigenvalue weighted by Gasteiger charge is -2.05. The van der Waals surface area contributed by atoms with Crippen LogP contribution in [-0.2, 0) is 9.53 Å².